The van der Waals surface area contributed by atoms with Crippen molar-refractivity contribution in [3.63, 3.8) is 0 Å². The average Bonchev–Trinajstić information content (AvgIpc) is 2.64. The van der Waals surface area contributed by atoms with Gasteiger partial charge in [-0.3, -0.25) is 0 Å². The van der Waals surface area contributed by atoms with Gasteiger partial charge in [0.15, 0.2) is 0 Å². The van der Waals surface area contributed by atoms with E-state index in [2.05, 4.69) is 15.9 Å². The first-order valence-electron chi connectivity index (χ1n) is 4.44. The molecule has 1 heterocycles. The molecule has 15 heavy (non-hydrogen) atoms. The highest BCUT2D eigenvalue weighted by Gasteiger charge is 2.07. The van der Waals surface area contributed by atoms with Crippen molar-refractivity contribution in [1.29, 1.82) is 0 Å². The van der Waals surface area contributed by atoms with E-state index >= 15 is 0 Å². The first-order valence-corrected chi connectivity index (χ1v) is 6.11. The number of rotatable bonds is 2. The van der Waals surface area contributed by atoms with Crippen LogP contribution < -0.4 is 5.73 Å². The van der Waals surface area contributed by atoms with Gasteiger partial charge in [0.25, 0.3) is 0 Å². The Bertz CT molecular complexity index is 481. The number of hydrogen-bond donors (Lipinski definition) is 1. The lowest BCUT2D eigenvalue weighted by Gasteiger charge is -2.03. The maximum Gasteiger partial charge on any atom is 0.128 e. The third kappa shape index (κ3) is 2.12. The molecule has 2 N–H and O–H groups in total. The van der Waals surface area contributed by atoms with E-state index < -0.39 is 0 Å². The fraction of sp³-hybridized carbons (Fsp3) is 0.0909. The van der Waals surface area contributed by atoms with Crippen LogP contribution in [-0.2, 0) is 6.54 Å². The van der Waals surface area contributed by atoms with Crippen LogP contribution in [0.5, 0.6) is 0 Å². The Hall–Kier alpha value is -0.710. The van der Waals surface area contributed by atoms with E-state index in [1.165, 1.54) is 6.07 Å². The molecular weight excluding hydrogens is 277 g/mol. The molecule has 0 unspecified atom stereocenters. The fourth-order valence-electron chi connectivity index (χ4n) is 1.35. The average molecular weight is 286 g/mol. The third-order valence-corrected chi connectivity index (χ3v) is 4.04. The molecule has 0 saturated carbocycles. The molecule has 1 nitrogen and oxygen atoms in total. The van der Waals surface area contributed by atoms with E-state index in [1.807, 2.05) is 17.5 Å². The zero-order valence-corrected chi connectivity index (χ0v) is 10.2. The van der Waals surface area contributed by atoms with Crippen LogP contribution in [0.1, 0.15) is 5.56 Å². The Morgan fingerprint density at radius 1 is 1.33 bits per heavy atom. The molecule has 0 atom stereocenters. The van der Waals surface area contributed by atoms with Gasteiger partial charge in [-0.2, -0.15) is 0 Å². The highest BCUT2D eigenvalue weighted by atomic mass is 79.9. The zero-order chi connectivity index (χ0) is 10.8. The van der Waals surface area contributed by atoms with E-state index in [1.54, 1.807) is 17.4 Å². The maximum absolute atomic E-state index is 13.5. The topological polar surface area (TPSA) is 26.0 Å². The lowest BCUT2D eigenvalue weighted by atomic mass is 10.1. The second-order valence-electron chi connectivity index (χ2n) is 3.11. The molecule has 0 amide bonds. The number of thiophene rings is 1. The lowest BCUT2D eigenvalue weighted by molar-refractivity contribution is 0.611. The van der Waals surface area contributed by atoms with Gasteiger partial charge in [-0.15, -0.1) is 11.3 Å². The molecule has 0 aliphatic carbocycles. The minimum absolute atomic E-state index is 0.234. The monoisotopic (exact) mass is 285 g/mol. The molecule has 2 aromatic rings. The van der Waals surface area contributed by atoms with E-state index in [0.717, 1.165) is 14.9 Å². The van der Waals surface area contributed by atoms with Crippen LogP contribution in [0.25, 0.3) is 10.4 Å². The van der Waals surface area contributed by atoms with Crippen LogP contribution in [0.4, 0.5) is 4.39 Å². The molecule has 78 valence electrons. The SMILES string of the molecule is NCc1ccc(-c2sccc2Br)cc1F. The molecule has 0 saturated heterocycles. The number of nitrogens with two attached hydrogens (primary N) is 1. The van der Waals surface area contributed by atoms with Crippen LogP contribution in [0.15, 0.2) is 34.1 Å². The third-order valence-electron chi connectivity index (χ3n) is 2.15. The van der Waals surface area contributed by atoms with E-state index in [4.69, 9.17) is 5.73 Å². The Morgan fingerprint density at radius 3 is 2.67 bits per heavy atom. The van der Waals surface area contributed by atoms with Crippen molar-refractivity contribution in [3.8, 4) is 10.4 Å². The maximum atomic E-state index is 13.5. The van der Waals surface area contributed by atoms with Crippen LogP contribution >= 0.6 is 27.3 Å². The minimum atomic E-state index is -0.240. The predicted molar refractivity (Wildman–Crippen MR) is 65.3 cm³/mol. The summed E-state index contributed by atoms with van der Waals surface area (Å²) in [6.45, 7) is 0.234. The van der Waals surface area contributed by atoms with Gasteiger partial charge in [-0.1, -0.05) is 12.1 Å². The highest BCUT2D eigenvalue weighted by molar-refractivity contribution is 9.10. The summed E-state index contributed by atoms with van der Waals surface area (Å²) in [7, 11) is 0. The standard InChI is InChI=1S/C11H9BrFNS/c12-9-3-4-15-11(9)7-1-2-8(6-14)10(13)5-7/h1-5H,6,14H2. The summed E-state index contributed by atoms with van der Waals surface area (Å²) in [5.41, 5.74) is 6.83. The quantitative estimate of drug-likeness (QED) is 0.893. The van der Waals surface area contributed by atoms with E-state index in [-0.39, 0.29) is 12.4 Å². The van der Waals surface area contributed by atoms with Crippen molar-refractivity contribution in [3.05, 3.63) is 45.5 Å². The summed E-state index contributed by atoms with van der Waals surface area (Å²) in [5.74, 6) is -0.240. The van der Waals surface area contributed by atoms with Crippen LogP contribution in [0, 0.1) is 5.82 Å². The summed E-state index contributed by atoms with van der Waals surface area (Å²) in [6.07, 6.45) is 0. The number of benzene rings is 1. The molecule has 2 rings (SSSR count). The van der Waals surface area contributed by atoms with Gasteiger partial charge in [0.05, 0.1) is 0 Å². The van der Waals surface area contributed by atoms with Gasteiger partial charge in [0.1, 0.15) is 5.82 Å². The normalized spacial score (nSPS) is 10.6. The van der Waals surface area contributed by atoms with Crippen molar-refractivity contribution in [2.24, 2.45) is 5.73 Å². The predicted octanol–water partition coefficient (Wildman–Crippen LogP) is 3.78. The first kappa shape index (κ1) is 10.8. The summed E-state index contributed by atoms with van der Waals surface area (Å²) in [5, 5.41) is 1.97. The van der Waals surface area contributed by atoms with Gasteiger partial charge in [0, 0.05) is 21.5 Å². The van der Waals surface area contributed by atoms with Gasteiger partial charge in [-0.05, 0) is 39.0 Å². The largest absolute Gasteiger partial charge is 0.326 e. The second-order valence-corrected chi connectivity index (χ2v) is 4.88. The van der Waals surface area contributed by atoms with E-state index in [9.17, 15) is 4.39 Å². The second kappa shape index (κ2) is 4.43. The summed E-state index contributed by atoms with van der Waals surface area (Å²) < 4.78 is 14.5. The molecule has 0 aliphatic heterocycles. The minimum Gasteiger partial charge on any atom is -0.326 e. The van der Waals surface area contributed by atoms with Crippen LogP contribution in [0.2, 0.25) is 0 Å². The molecule has 0 fully saturated rings. The van der Waals surface area contributed by atoms with Gasteiger partial charge in [0.2, 0.25) is 0 Å². The van der Waals surface area contributed by atoms with E-state index in [0.29, 0.717) is 5.56 Å². The van der Waals surface area contributed by atoms with Gasteiger partial charge >= 0.3 is 0 Å². The van der Waals surface area contributed by atoms with Crippen molar-refractivity contribution in [2.45, 2.75) is 6.54 Å². The Labute approximate surface area is 99.9 Å². The van der Waals surface area contributed by atoms with Crippen LogP contribution in [-0.4, -0.2) is 0 Å². The number of hydrogen-bond acceptors (Lipinski definition) is 2. The molecule has 0 radical (unpaired) electrons. The molecule has 0 aliphatic rings. The number of halogens is 2. The molecule has 0 bridgehead atoms. The van der Waals surface area contributed by atoms with Crippen molar-refractivity contribution >= 4 is 27.3 Å². The molecule has 4 heteroatoms. The first-order chi connectivity index (χ1) is 7.22. The Morgan fingerprint density at radius 2 is 2.13 bits per heavy atom. The smallest absolute Gasteiger partial charge is 0.128 e. The zero-order valence-electron chi connectivity index (χ0n) is 7.84. The Balaban J connectivity index is 2.47. The molecule has 0 spiro atoms. The molecule has 1 aromatic heterocycles. The van der Waals surface area contributed by atoms with Gasteiger partial charge in [-0.25, -0.2) is 4.39 Å². The lowest BCUT2D eigenvalue weighted by Crippen LogP contribution is -1.99. The Kier molecular flexibility index (Phi) is 3.19. The van der Waals surface area contributed by atoms with Crippen molar-refractivity contribution in [2.75, 3.05) is 0 Å². The summed E-state index contributed by atoms with van der Waals surface area (Å²) in [6, 6.07) is 7.10. The molecule has 1 aromatic carbocycles. The van der Waals surface area contributed by atoms with Crippen molar-refractivity contribution in [1.82, 2.24) is 0 Å². The fourth-order valence-corrected chi connectivity index (χ4v) is 2.95. The van der Waals surface area contributed by atoms with Crippen LogP contribution in [0.3, 0.4) is 0 Å². The highest BCUT2D eigenvalue weighted by Crippen LogP contribution is 2.34. The van der Waals surface area contributed by atoms with Crippen molar-refractivity contribution < 1.29 is 4.39 Å². The summed E-state index contributed by atoms with van der Waals surface area (Å²) in [4.78, 5) is 1.04. The van der Waals surface area contributed by atoms with Gasteiger partial charge < -0.3 is 5.73 Å². The molecular formula is C11H9BrFNS. The summed E-state index contributed by atoms with van der Waals surface area (Å²) >= 11 is 5.01.